The monoisotopic (exact) mass is 323 g/mol. The molecular weight excluding hydrogens is 305 g/mol. The number of rotatable bonds is 7. The van der Waals surface area contributed by atoms with Gasteiger partial charge in [0, 0.05) is 17.6 Å². The number of benzene rings is 2. The predicted octanol–water partition coefficient (Wildman–Crippen LogP) is 3.83. The van der Waals surface area contributed by atoms with Crippen LogP contribution in [0.4, 0.5) is 4.39 Å². The van der Waals surface area contributed by atoms with Crippen molar-refractivity contribution in [1.82, 2.24) is 5.32 Å². The van der Waals surface area contributed by atoms with Gasteiger partial charge in [-0.15, -0.1) is 0 Å². The summed E-state index contributed by atoms with van der Waals surface area (Å²) in [5.74, 6) is 1.05. The Labute approximate surface area is 135 Å². The van der Waals surface area contributed by atoms with Gasteiger partial charge in [-0.25, -0.2) is 4.39 Å². The third-order valence-electron chi connectivity index (χ3n) is 3.37. The highest BCUT2D eigenvalue weighted by atomic mass is 35.5. The summed E-state index contributed by atoms with van der Waals surface area (Å²) in [6, 6.07) is 10.1. The van der Waals surface area contributed by atoms with Crippen molar-refractivity contribution in [3.63, 3.8) is 0 Å². The average molecular weight is 324 g/mol. The lowest BCUT2D eigenvalue weighted by Crippen LogP contribution is -2.17. The third kappa shape index (κ3) is 4.36. The molecule has 0 spiro atoms. The molecule has 118 valence electrons. The average Bonchev–Trinajstić information content (AvgIpc) is 2.54. The topological polar surface area (TPSA) is 30.5 Å². The molecule has 1 N–H and O–H groups in total. The van der Waals surface area contributed by atoms with E-state index in [1.165, 1.54) is 12.1 Å². The number of halogens is 2. The molecule has 2 aromatic rings. The highest BCUT2D eigenvalue weighted by Crippen LogP contribution is 2.32. The van der Waals surface area contributed by atoms with Crippen LogP contribution in [0.5, 0.6) is 11.5 Å². The van der Waals surface area contributed by atoms with E-state index in [1.807, 2.05) is 6.07 Å². The maximum Gasteiger partial charge on any atom is 0.162 e. The fourth-order valence-corrected chi connectivity index (χ4v) is 2.36. The van der Waals surface area contributed by atoms with Crippen molar-refractivity contribution in [3.8, 4) is 11.5 Å². The first-order valence-corrected chi connectivity index (χ1v) is 7.37. The fraction of sp³-hybridized carbons (Fsp3) is 0.294. The molecule has 2 rings (SSSR count). The van der Waals surface area contributed by atoms with Gasteiger partial charge in [0.25, 0.3) is 0 Å². The Morgan fingerprint density at radius 3 is 2.32 bits per heavy atom. The zero-order valence-electron chi connectivity index (χ0n) is 12.7. The lowest BCUT2D eigenvalue weighted by Gasteiger charge is -2.12. The number of ether oxygens (including phenoxy) is 2. The Morgan fingerprint density at radius 1 is 1.05 bits per heavy atom. The number of hydrogen-bond donors (Lipinski definition) is 1. The van der Waals surface area contributed by atoms with Gasteiger partial charge in [-0.2, -0.15) is 0 Å². The highest BCUT2D eigenvalue weighted by molar-refractivity contribution is 6.31. The zero-order chi connectivity index (χ0) is 15.9. The molecule has 0 atom stereocenters. The summed E-state index contributed by atoms with van der Waals surface area (Å²) in [4.78, 5) is 0. The molecule has 0 amide bonds. The van der Waals surface area contributed by atoms with Crippen molar-refractivity contribution >= 4 is 11.6 Å². The molecule has 0 fully saturated rings. The Morgan fingerprint density at radius 2 is 1.68 bits per heavy atom. The van der Waals surface area contributed by atoms with Crippen LogP contribution >= 0.6 is 11.6 Å². The third-order valence-corrected chi connectivity index (χ3v) is 3.72. The number of methoxy groups -OCH3 is 2. The smallest absolute Gasteiger partial charge is 0.162 e. The van der Waals surface area contributed by atoms with Crippen molar-refractivity contribution in [2.45, 2.75) is 13.0 Å². The minimum Gasteiger partial charge on any atom is -0.493 e. The molecule has 0 aliphatic rings. The summed E-state index contributed by atoms with van der Waals surface area (Å²) >= 11 is 6.23. The standard InChI is InChI=1S/C17H19ClFNO2/c1-21-16-9-13(15(18)10-17(16)22-2)11-20-8-7-12-3-5-14(19)6-4-12/h3-6,9-10,20H,7-8,11H2,1-2H3. The molecule has 2 aromatic carbocycles. The SMILES string of the molecule is COc1cc(Cl)c(CNCCc2ccc(F)cc2)cc1OC. The molecule has 0 aliphatic carbocycles. The normalized spacial score (nSPS) is 10.5. The van der Waals surface area contributed by atoms with Crippen LogP contribution in [0.15, 0.2) is 36.4 Å². The molecular formula is C17H19ClFNO2. The van der Waals surface area contributed by atoms with E-state index in [2.05, 4.69) is 5.32 Å². The summed E-state index contributed by atoms with van der Waals surface area (Å²) in [6.07, 6.45) is 0.825. The minimum absolute atomic E-state index is 0.214. The molecule has 0 aliphatic heterocycles. The molecule has 0 radical (unpaired) electrons. The van der Waals surface area contributed by atoms with Gasteiger partial charge in [0.05, 0.1) is 14.2 Å². The van der Waals surface area contributed by atoms with Gasteiger partial charge < -0.3 is 14.8 Å². The number of nitrogens with one attached hydrogen (secondary N) is 1. The molecule has 22 heavy (non-hydrogen) atoms. The highest BCUT2D eigenvalue weighted by Gasteiger charge is 2.09. The van der Waals surface area contributed by atoms with Gasteiger partial charge in [-0.05, 0) is 42.3 Å². The van der Waals surface area contributed by atoms with Gasteiger partial charge in [0.2, 0.25) is 0 Å². The van der Waals surface area contributed by atoms with Crippen LogP contribution in [0.1, 0.15) is 11.1 Å². The first-order valence-electron chi connectivity index (χ1n) is 6.99. The predicted molar refractivity (Wildman–Crippen MR) is 86.4 cm³/mol. The van der Waals surface area contributed by atoms with Gasteiger partial charge in [0.15, 0.2) is 11.5 Å². The van der Waals surface area contributed by atoms with Crippen LogP contribution in [0.3, 0.4) is 0 Å². The van der Waals surface area contributed by atoms with E-state index >= 15 is 0 Å². The molecule has 0 heterocycles. The first kappa shape index (κ1) is 16.6. The lowest BCUT2D eigenvalue weighted by atomic mass is 10.1. The Hall–Kier alpha value is -1.78. The van der Waals surface area contributed by atoms with Crippen molar-refractivity contribution in [2.75, 3.05) is 20.8 Å². The van der Waals surface area contributed by atoms with E-state index in [-0.39, 0.29) is 5.82 Å². The van der Waals surface area contributed by atoms with Crippen LogP contribution in [0.25, 0.3) is 0 Å². The number of hydrogen-bond acceptors (Lipinski definition) is 3. The molecule has 0 bridgehead atoms. The Kier molecular flexibility index (Phi) is 6.04. The molecule has 0 unspecified atom stereocenters. The summed E-state index contributed by atoms with van der Waals surface area (Å²) in [7, 11) is 3.17. The molecule has 0 aromatic heterocycles. The largest absolute Gasteiger partial charge is 0.493 e. The maximum absolute atomic E-state index is 12.8. The second-order valence-corrected chi connectivity index (χ2v) is 5.26. The van der Waals surface area contributed by atoms with E-state index in [9.17, 15) is 4.39 Å². The lowest BCUT2D eigenvalue weighted by molar-refractivity contribution is 0.354. The van der Waals surface area contributed by atoms with Gasteiger partial charge in [-0.3, -0.25) is 0 Å². The fourth-order valence-electron chi connectivity index (χ4n) is 2.14. The van der Waals surface area contributed by atoms with Crippen LogP contribution in [-0.2, 0) is 13.0 Å². The summed E-state index contributed by atoms with van der Waals surface area (Å²) in [5, 5.41) is 3.95. The minimum atomic E-state index is -0.214. The summed E-state index contributed by atoms with van der Waals surface area (Å²) < 4.78 is 23.3. The van der Waals surface area contributed by atoms with Gasteiger partial charge >= 0.3 is 0 Å². The second kappa shape index (κ2) is 8.01. The van der Waals surface area contributed by atoms with E-state index in [1.54, 1.807) is 32.4 Å². The summed E-state index contributed by atoms with van der Waals surface area (Å²) in [5.41, 5.74) is 2.03. The summed E-state index contributed by atoms with van der Waals surface area (Å²) in [6.45, 7) is 1.40. The van der Waals surface area contributed by atoms with Crippen LogP contribution in [0.2, 0.25) is 5.02 Å². The van der Waals surface area contributed by atoms with E-state index in [0.717, 1.165) is 24.1 Å². The van der Waals surface area contributed by atoms with Crippen molar-refractivity contribution in [3.05, 3.63) is 58.4 Å². The zero-order valence-corrected chi connectivity index (χ0v) is 13.4. The van der Waals surface area contributed by atoms with Crippen LogP contribution in [-0.4, -0.2) is 20.8 Å². The van der Waals surface area contributed by atoms with E-state index in [0.29, 0.717) is 23.1 Å². The Balaban J connectivity index is 1.90. The molecule has 5 heteroatoms. The quantitative estimate of drug-likeness (QED) is 0.786. The Bertz CT molecular complexity index is 617. The first-order chi connectivity index (χ1) is 10.6. The van der Waals surface area contributed by atoms with E-state index < -0.39 is 0 Å². The van der Waals surface area contributed by atoms with Crippen LogP contribution < -0.4 is 14.8 Å². The van der Waals surface area contributed by atoms with E-state index in [4.69, 9.17) is 21.1 Å². The molecule has 3 nitrogen and oxygen atoms in total. The van der Waals surface area contributed by atoms with Crippen molar-refractivity contribution < 1.29 is 13.9 Å². The maximum atomic E-state index is 12.8. The van der Waals surface area contributed by atoms with Crippen LogP contribution in [0, 0.1) is 5.82 Å². The van der Waals surface area contributed by atoms with Crippen molar-refractivity contribution in [2.24, 2.45) is 0 Å². The van der Waals surface area contributed by atoms with Gasteiger partial charge in [-0.1, -0.05) is 23.7 Å². The van der Waals surface area contributed by atoms with Gasteiger partial charge in [0.1, 0.15) is 5.82 Å². The van der Waals surface area contributed by atoms with Crippen molar-refractivity contribution in [1.29, 1.82) is 0 Å². The molecule has 0 saturated heterocycles. The second-order valence-electron chi connectivity index (χ2n) is 4.85. The molecule has 0 saturated carbocycles.